The molecule has 0 heterocycles. The van der Waals surface area contributed by atoms with Gasteiger partial charge in [-0.2, -0.15) is 0 Å². The Morgan fingerprint density at radius 2 is 1.75 bits per heavy atom. The smallest absolute Gasteiger partial charge is 0.313 e. The molecule has 3 amide bonds. The third-order valence-electron chi connectivity index (χ3n) is 2.27. The molecule has 0 unspecified atom stereocenters. The van der Waals surface area contributed by atoms with Crippen molar-refractivity contribution in [3.05, 3.63) is 29.8 Å². The molecule has 0 saturated carbocycles. The molecule has 1 aromatic rings. The highest BCUT2D eigenvalue weighted by molar-refractivity contribution is 6.39. The average molecular weight is 285 g/mol. The van der Waals surface area contributed by atoms with Crippen molar-refractivity contribution in [3.8, 4) is 0 Å². The van der Waals surface area contributed by atoms with E-state index in [0.717, 1.165) is 18.2 Å². The molecule has 3 N–H and O–H groups in total. The molecule has 8 heteroatoms. The maximum absolute atomic E-state index is 13.2. The molecule has 0 radical (unpaired) electrons. The summed E-state index contributed by atoms with van der Waals surface area (Å²) in [7, 11) is 0. The van der Waals surface area contributed by atoms with Crippen LogP contribution in [0.2, 0.25) is 0 Å². The van der Waals surface area contributed by atoms with Gasteiger partial charge in [0.1, 0.15) is 17.3 Å². The van der Waals surface area contributed by atoms with Crippen LogP contribution in [0.25, 0.3) is 0 Å². The Morgan fingerprint density at radius 3 is 2.35 bits per heavy atom. The van der Waals surface area contributed by atoms with Crippen LogP contribution in [0.3, 0.4) is 0 Å². The van der Waals surface area contributed by atoms with Gasteiger partial charge in [0.15, 0.2) is 0 Å². The highest BCUT2D eigenvalue weighted by atomic mass is 19.1. The summed E-state index contributed by atoms with van der Waals surface area (Å²) in [5.74, 6) is -4.13. The van der Waals surface area contributed by atoms with Crippen LogP contribution in [-0.2, 0) is 14.4 Å². The van der Waals surface area contributed by atoms with E-state index in [1.165, 1.54) is 0 Å². The minimum absolute atomic E-state index is 0.146. The van der Waals surface area contributed by atoms with Gasteiger partial charge in [0.05, 0.1) is 0 Å². The molecule has 0 aliphatic heterocycles. The summed E-state index contributed by atoms with van der Waals surface area (Å²) in [6.07, 6.45) is 0.932. The normalized spacial score (nSPS) is 9.70. The minimum atomic E-state index is -1.17. The summed E-state index contributed by atoms with van der Waals surface area (Å²) in [6, 6.07) is 3.06. The molecule has 0 atom stereocenters. The molecule has 1 rings (SSSR count). The fraction of sp³-hybridized carbons (Fsp3) is 0.250. The number of benzene rings is 1. The Kier molecular flexibility index (Phi) is 6.08. The van der Waals surface area contributed by atoms with Gasteiger partial charge in [0, 0.05) is 13.1 Å². The van der Waals surface area contributed by atoms with Crippen molar-refractivity contribution in [3.63, 3.8) is 0 Å². The first kappa shape index (κ1) is 15.5. The third-order valence-corrected chi connectivity index (χ3v) is 2.27. The quantitative estimate of drug-likeness (QED) is 0.395. The van der Waals surface area contributed by atoms with Crippen LogP contribution in [0, 0.1) is 11.6 Å². The number of nitrogens with one attached hydrogen (secondary N) is 3. The van der Waals surface area contributed by atoms with E-state index in [-0.39, 0.29) is 6.54 Å². The van der Waals surface area contributed by atoms with Crippen LogP contribution in [0.5, 0.6) is 0 Å². The molecule has 6 nitrogen and oxygen atoms in total. The van der Waals surface area contributed by atoms with Gasteiger partial charge in [-0.15, -0.1) is 0 Å². The highest BCUT2D eigenvalue weighted by Crippen LogP contribution is 2.17. The lowest BCUT2D eigenvalue weighted by Gasteiger charge is -2.07. The lowest BCUT2D eigenvalue weighted by molar-refractivity contribution is -0.136. The monoisotopic (exact) mass is 285 g/mol. The number of hydrogen-bond donors (Lipinski definition) is 3. The van der Waals surface area contributed by atoms with Crippen LogP contribution < -0.4 is 16.0 Å². The molecule has 108 valence electrons. The number of halogens is 2. The first-order valence-electron chi connectivity index (χ1n) is 5.76. The molecule has 0 aromatic heterocycles. The predicted molar refractivity (Wildman–Crippen MR) is 66.7 cm³/mol. The van der Waals surface area contributed by atoms with Crippen molar-refractivity contribution in [2.75, 3.05) is 18.4 Å². The zero-order valence-electron chi connectivity index (χ0n) is 10.4. The first-order chi connectivity index (χ1) is 9.56. The fourth-order valence-corrected chi connectivity index (χ4v) is 1.32. The number of hydrogen-bond acceptors (Lipinski definition) is 3. The summed E-state index contributed by atoms with van der Waals surface area (Å²) in [5.41, 5.74) is -0.671. The van der Waals surface area contributed by atoms with E-state index in [1.807, 2.05) is 5.32 Å². The van der Waals surface area contributed by atoms with E-state index < -0.39 is 29.1 Å². The van der Waals surface area contributed by atoms with Gasteiger partial charge in [0.2, 0.25) is 6.41 Å². The summed E-state index contributed by atoms with van der Waals surface area (Å²) >= 11 is 0. The van der Waals surface area contributed by atoms with E-state index in [4.69, 9.17) is 0 Å². The topological polar surface area (TPSA) is 87.3 Å². The molecular weight excluding hydrogens is 272 g/mol. The maximum Gasteiger partial charge on any atom is 0.313 e. The average Bonchev–Trinajstić information content (AvgIpc) is 2.42. The van der Waals surface area contributed by atoms with Crippen molar-refractivity contribution in [1.82, 2.24) is 10.6 Å². The van der Waals surface area contributed by atoms with E-state index in [9.17, 15) is 23.2 Å². The van der Waals surface area contributed by atoms with Gasteiger partial charge >= 0.3 is 11.8 Å². The molecule has 20 heavy (non-hydrogen) atoms. The van der Waals surface area contributed by atoms with Gasteiger partial charge in [-0.25, -0.2) is 8.78 Å². The number of amides is 3. The second-order valence-electron chi connectivity index (χ2n) is 3.73. The maximum atomic E-state index is 13.2. The van der Waals surface area contributed by atoms with Crippen molar-refractivity contribution in [1.29, 1.82) is 0 Å². The number of carbonyl (C=O) groups excluding carboxylic acids is 3. The Morgan fingerprint density at radius 1 is 1.10 bits per heavy atom. The van der Waals surface area contributed by atoms with Gasteiger partial charge in [-0.05, 0) is 18.6 Å². The molecular formula is C12H13F2N3O3. The molecule has 0 saturated heterocycles. The molecule has 0 aliphatic rings. The Labute approximate surface area is 113 Å². The summed E-state index contributed by atoms with van der Waals surface area (Å²) in [4.78, 5) is 32.7. The summed E-state index contributed by atoms with van der Waals surface area (Å²) < 4.78 is 26.5. The second-order valence-corrected chi connectivity index (χ2v) is 3.73. The number of carbonyl (C=O) groups is 3. The van der Waals surface area contributed by atoms with Gasteiger partial charge < -0.3 is 16.0 Å². The molecule has 0 aliphatic carbocycles. The minimum Gasteiger partial charge on any atom is -0.359 e. The van der Waals surface area contributed by atoms with Gasteiger partial charge in [-0.3, -0.25) is 14.4 Å². The molecule has 0 spiro atoms. The van der Waals surface area contributed by atoms with Crippen molar-refractivity contribution >= 4 is 23.9 Å². The van der Waals surface area contributed by atoms with Crippen LogP contribution in [0.1, 0.15) is 6.42 Å². The summed E-state index contributed by atoms with van der Waals surface area (Å²) in [6.45, 7) is 0.486. The Bertz CT molecular complexity index is 488. The number of para-hydroxylation sites is 1. The predicted octanol–water partition coefficient (Wildman–Crippen LogP) is 0.156. The summed E-state index contributed by atoms with van der Waals surface area (Å²) in [5, 5.41) is 6.48. The van der Waals surface area contributed by atoms with E-state index in [1.54, 1.807) is 0 Å². The molecule has 1 aromatic carbocycles. The van der Waals surface area contributed by atoms with Crippen LogP contribution in [-0.4, -0.2) is 31.3 Å². The van der Waals surface area contributed by atoms with Crippen molar-refractivity contribution in [2.24, 2.45) is 0 Å². The van der Waals surface area contributed by atoms with Crippen LogP contribution in [0.4, 0.5) is 14.5 Å². The fourth-order valence-electron chi connectivity index (χ4n) is 1.32. The second kappa shape index (κ2) is 7.82. The lowest BCUT2D eigenvalue weighted by Crippen LogP contribution is -2.37. The van der Waals surface area contributed by atoms with Crippen LogP contribution >= 0.6 is 0 Å². The largest absolute Gasteiger partial charge is 0.359 e. The zero-order chi connectivity index (χ0) is 15.0. The molecule has 0 bridgehead atoms. The third kappa shape index (κ3) is 4.63. The van der Waals surface area contributed by atoms with E-state index >= 15 is 0 Å². The number of anilines is 1. The molecule has 0 fully saturated rings. The highest BCUT2D eigenvalue weighted by Gasteiger charge is 2.17. The Hall–Kier alpha value is -2.51. The standard InChI is InChI=1S/C12H13F2N3O3/c13-8-3-1-4-9(14)10(8)17-12(20)11(19)16-6-2-5-15-7-18/h1,3-4,7H,2,5-6H2,(H,15,18)(H,16,19)(H,17,20). The van der Waals surface area contributed by atoms with Crippen molar-refractivity contribution < 1.29 is 23.2 Å². The number of rotatable bonds is 6. The first-order valence-corrected chi connectivity index (χ1v) is 5.76. The van der Waals surface area contributed by atoms with Crippen LogP contribution in [0.15, 0.2) is 18.2 Å². The van der Waals surface area contributed by atoms with Gasteiger partial charge in [-0.1, -0.05) is 6.07 Å². The van der Waals surface area contributed by atoms with E-state index in [2.05, 4.69) is 10.6 Å². The SMILES string of the molecule is O=CNCCCNC(=O)C(=O)Nc1c(F)cccc1F. The zero-order valence-corrected chi connectivity index (χ0v) is 10.4. The van der Waals surface area contributed by atoms with Crippen molar-refractivity contribution in [2.45, 2.75) is 6.42 Å². The Balaban J connectivity index is 2.46. The van der Waals surface area contributed by atoms with Gasteiger partial charge in [0.25, 0.3) is 0 Å². The van der Waals surface area contributed by atoms with E-state index in [0.29, 0.717) is 19.4 Å². The lowest BCUT2D eigenvalue weighted by atomic mass is 10.3.